The molecular weight excluding hydrogens is 765 g/mol. The average molecular weight is 813 g/mol. The largest absolute Gasteiger partial charge is 0.507 e. The van der Waals surface area contributed by atoms with Crippen LogP contribution in [0.2, 0.25) is 0 Å². The van der Waals surface area contributed by atoms with Gasteiger partial charge in [-0.25, -0.2) is 0 Å². The Bertz CT molecular complexity index is 2840. The Hall–Kier alpha value is -6.50. The van der Waals surface area contributed by atoms with Crippen LogP contribution >= 0.6 is 0 Å². The Morgan fingerprint density at radius 1 is 0.500 bits per heavy atom. The van der Waals surface area contributed by atoms with Crippen LogP contribution in [0.15, 0.2) is 89.8 Å². The zero-order valence-corrected chi connectivity index (χ0v) is 34.3. The molecule has 6 N–H and O–H groups in total. The molecule has 0 heterocycles. The molecule has 310 valence electrons. The molecule has 0 bridgehead atoms. The van der Waals surface area contributed by atoms with Gasteiger partial charge in [0.25, 0.3) is 0 Å². The van der Waals surface area contributed by atoms with E-state index in [0.717, 1.165) is 17.3 Å². The number of nitrogens with zero attached hydrogens (tertiary/aromatic N) is 2. The van der Waals surface area contributed by atoms with Gasteiger partial charge in [-0.2, -0.15) is 0 Å². The molecule has 2 atom stereocenters. The molecule has 0 fully saturated rings. The van der Waals surface area contributed by atoms with Gasteiger partial charge in [0.2, 0.25) is 10.9 Å². The first-order valence-electron chi connectivity index (χ1n) is 19.8. The topological polar surface area (TPSA) is 214 Å². The second-order valence-electron chi connectivity index (χ2n) is 15.8. The number of aliphatic imine (C=N–C) groups is 2. The maximum Gasteiger partial charge on any atom is 0.235 e. The smallest absolute Gasteiger partial charge is 0.235 e. The molecule has 12 heteroatoms. The summed E-state index contributed by atoms with van der Waals surface area (Å²) in [6, 6.07) is 16.8. The van der Waals surface area contributed by atoms with Gasteiger partial charge in [-0.3, -0.25) is 29.2 Å². The lowest BCUT2D eigenvalue weighted by Crippen LogP contribution is -2.38. The van der Waals surface area contributed by atoms with E-state index in [4.69, 9.17) is 0 Å². The van der Waals surface area contributed by atoms with E-state index in [-0.39, 0.29) is 61.7 Å². The monoisotopic (exact) mass is 812 g/mol. The first kappa shape index (κ1) is 43.1. The fourth-order valence-corrected chi connectivity index (χ4v) is 8.10. The van der Waals surface area contributed by atoms with Gasteiger partial charge in [0, 0.05) is 73.3 Å². The van der Waals surface area contributed by atoms with Gasteiger partial charge < -0.3 is 30.6 Å². The predicted molar refractivity (Wildman–Crippen MR) is 235 cm³/mol. The number of aliphatic hydroxyl groups is 2. The van der Waals surface area contributed by atoms with Crippen LogP contribution < -0.4 is 21.7 Å². The highest BCUT2D eigenvalue weighted by molar-refractivity contribution is 6.14. The molecule has 2 aliphatic carbocycles. The molecule has 0 aliphatic heterocycles. The van der Waals surface area contributed by atoms with Crippen molar-refractivity contribution in [3.05, 3.63) is 146 Å². The summed E-state index contributed by atoms with van der Waals surface area (Å²) < 4.78 is 0. The molecule has 60 heavy (non-hydrogen) atoms. The number of phenols is 4. The highest BCUT2D eigenvalue weighted by Crippen LogP contribution is 2.53. The summed E-state index contributed by atoms with van der Waals surface area (Å²) in [5.41, 5.74) is -4.35. The van der Waals surface area contributed by atoms with Crippen LogP contribution in [0.4, 0.5) is 0 Å². The van der Waals surface area contributed by atoms with Crippen LogP contribution in [-0.2, 0) is 12.8 Å². The van der Waals surface area contributed by atoms with Crippen LogP contribution in [-0.4, -0.2) is 68.4 Å². The quantitative estimate of drug-likeness (QED) is 0.0364. The molecule has 0 amide bonds. The second-order valence-corrected chi connectivity index (χ2v) is 15.8. The van der Waals surface area contributed by atoms with Crippen LogP contribution in [0, 0.1) is 13.8 Å². The van der Waals surface area contributed by atoms with Crippen LogP contribution in [0.3, 0.4) is 0 Å². The molecule has 2 aliphatic rings. The van der Waals surface area contributed by atoms with Gasteiger partial charge in [0.1, 0.15) is 11.5 Å². The molecule has 12 nitrogen and oxygen atoms in total. The van der Waals surface area contributed by atoms with E-state index in [1.165, 1.54) is 20.1 Å². The minimum atomic E-state index is -1.07. The zero-order chi connectivity index (χ0) is 43.7. The number of aromatic hydroxyl groups is 4. The molecule has 4 aromatic carbocycles. The summed E-state index contributed by atoms with van der Waals surface area (Å²) in [6.07, 6.45) is 2.77. The lowest BCUT2D eigenvalue weighted by molar-refractivity contribution is 0.266. The molecule has 0 radical (unpaired) electrons. The van der Waals surface area contributed by atoms with Crippen molar-refractivity contribution < 1.29 is 30.6 Å². The van der Waals surface area contributed by atoms with Crippen LogP contribution in [0.5, 0.6) is 23.0 Å². The fraction of sp³-hybridized carbons (Fsp3) is 0.292. The Kier molecular flexibility index (Phi) is 12.5. The number of hydrogen-bond donors (Lipinski definition) is 6. The number of aliphatic hydroxyl groups excluding tert-OH is 2. The highest BCUT2D eigenvalue weighted by atomic mass is 16.3. The van der Waals surface area contributed by atoms with Gasteiger partial charge in [0.15, 0.2) is 22.4 Å². The summed E-state index contributed by atoms with van der Waals surface area (Å²) in [7, 11) is 0. The number of rotatable bonds is 13. The van der Waals surface area contributed by atoms with Crippen molar-refractivity contribution in [1.29, 1.82) is 0 Å². The predicted octanol–water partition coefficient (Wildman–Crippen LogP) is 5.66. The maximum absolute atomic E-state index is 15.1. The van der Waals surface area contributed by atoms with Crippen molar-refractivity contribution in [1.82, 2.24) is 0 Å². The second kappa shape index (κ2) is 17.4. The van der Waals surface area contributed by atoms with E-state index < -0.39 is 93.0 Å². The summed E-state index contributed by atoms with van der Waals surface area (Å²) in [4.78, 5) is 66.2. The normalized spacial score (nSPS) is 13.2. The summed E-state index contributed by atoms with van der Waals surface area (Å²) in [5, 5.41) is 67.5. The van der Waals surface area contributed by atoms with Crippen molar-refractivity contribution >= 4 is 23.2 Å². The van der Waals surface area contributed by atoms with Crippen molar-refractivity contribution in [2.75, 3.05) is 13.2 Å². The first-order chi connectivity index (χ1) is 28.5. The van der Waals surface area contributed by atoms with Crippen molar-refractivity contribution in [3.8, 4) is 45.3 Å². The summed E-state index contributed by atoms with van der Waals surface area (Å²) >= 11 is 0. The molecule has 0 aromatic heterocycles. The minimum Gasteiger partial charge on any atom is -0.507 e. The van der Waals surface area contributed by atoms with E-state index >= 15 is 4.79 Å². The Labute approximate surface area is 345 Å². The number of benzene rings is 6. The molecule has 0 saturated heterocycles. The van der Waals surface area contributed by atoms with Gasteiger partial charge in [-0.1, -0.05) is 88.4 Å². The SMILES string of the molecule is Cc1c(-c2c(C)c(=O)c3c(C(C)C)c(=O)c(=O)c(C=N[C@@H](CO)Cc4ccccc4)c-3c2=O)c(O)c2c(C=N[C@@H](CO)Cc3ccccc3)c(O)c(O)c(C(C)C)c2c1O. The lowest BCUT2D eigenvalue weighted by Gasteiger charge is -2.23. The van der Waals surface area contributed by atoms with Crippen molar-refractivity contribution in [2.24, 2.45) is 9.98 Å². The molecule has 4 aromatic rings. The third kappa shape index (κ3) is 7.60. The average Bonchev–Trinajstić information content (AvgIpc) is 3.23. The first-order valence-corrected chi connectivity index (χ1v) is 19.8. The van der Waals surface area contributed by atoms with E-state index in [2.05, 4.69) is 9.98 Å². The maximum atomic E-state index is 15.1. The van der Waals surface area contributed by atoms with Crippen LogP contribution in [0.25, 0.3) is 33.0 Å². The molecule has 0 spiro atoms. The number of fused-ring (bicyclic) bond motifs is 2. The number of phenolic OH excluding ortho intramolecular Hbond substituents is 4. The summed E-state index contributed by atoms with van der Waals surface area (Å²) in [6.45, 7) is 8.58. The van der Waals surface area contributed by atoms with Gasteiger partial charge in [-0.15, -0.1) is 0 Å². The number of hydrogen-bond acceptors (Lipinski definition) is 12. The van der Waals surface area contributed by atoms with Crippen LogP contribution in [0.1, 0.15) is 84.0 Å². The standard InChI is InChI=1S/C48H48N2O10/c1-23(2)33-39-37(31(43(55)47(33)59)19-49-29(21-51)17-27-13-9-7-10-14-27)45(57)35(25(5)41(39)53)36-26(6)42(54)40-34(24(3)4)48(60)44(56)32(38(40)46(36)58)20-50-30(22-52)18-28-15-11-8-12-16-28/h7-16,19-20,23-24,29-30,51-53,55,57,59H,17-18,21-22H2,1-6H3/t29-,30-/m1/s1. The van der Waals surface area contributed by atoms with Gasteiger partial charge >= 0.3 is 0 Å². The Balaban J connectivity index is 1.70. The van der Waals surface area contributed by atoms with Crippen molar-refractivity contribution in [3.63, 3.8) is 0 Å². The molecular formula is C48H48N2O10. The lowest BCUT2D eigenvalue weighted by atomic mass is 9.80. The van der Waals surface area contributed by atoms with E-state index in [1.54, 1.807) is 27.7 Å². The van der Waals surface area contributed by atoms with E-state index in [0.29, 0.717) is 6.42 Å². The summed E-state index contributed by atoms with van der Waals surface area (Å²) in [5.74, 6) is -3.57. The van der Waals surface area contributed by atoms with Gasteiger partial charge in [0.05, 0.1) is 30.9 Å². The third-order valence-electron chi connectivity index (χ3n) is 11.1. The van der Waals surface area contributed by atoms with E-state index in [9.17, 15) is 45.0 Å². The van der Waals surface area contributed by atoms with E-state index in [1.807, 2.05) is 60.7 Å². The molecule has 6 rings (SSSR count). The van der Waals surface area contributed by atoms with Gasteiger partial charge in [-0.05, 0) is 49.7 Å². The minimum absolute atomic E-state index is 0.0430. The molecule has 0 saturated carbocycles. The Morgan fingerprint density at radius 3 is 1.48 bits per heavy atom. The third-order valence-corrected chi connectivity index (χ3v) is 11.1. The zero-order valence-electron chi connectivity index (χ0n) is 34.3. The molecule has 0 unspecified atom stereocenters. The Morgan fingerprint density at radius 2 is 1.00 bits per heavy atom. The fourth-order valence-electron chi connectivity index (χ4n) is 8.10. The van der Waals surface area contributed by atoms with Crippen molar-refractivity contribution in [2.45, 2.75) is 78.3 Å². The highest BCUT2D eigenvalue weighted by Gasteiger charge is 2.34.